The number of hydrogen-bond acceptors (Lipinski definition) is 2. The average Bonchev–Trinajstić information content (AvgIpc) is 1.99. The van der Waals surface area contributed by atoms with Crippen LogP contribution in [0.3, 0.4) is 0 Å². The van der Waals surface area contributed by atoms with E-state index in [-0.39, 0.29) is 0 Å². The van der Waals surface area contributed by atoms with Gasteiger partial charge >= 0.3 is 0 Å². The van der Waals surface area contributed by atoms with Gasteiger partial charge in [-0.2, -0.15) is 11.8 Å². The highest BCUT2D eigenvalue weighted by Gasteiger charge is 2.38. The molecule has 3 heteroatoms. The summed E-state index contributed by atoms with van der Waals surface area (Å²) in [5.74, 6) is 1.20. The molecule has 0 aromatic carbocycles. The lowest BCUT2D eigenvalue weighted by Gasteiger charge is -2.39. The number of hydrogen-bond donors (Lipinski definition) is 0. The Hall–Kier alpha value is 0.527. The number of thioether (sulfide) groups is 1. The van der Waals surface area contributed by atoms with Crippen molar-refractivity contribution in [2.45, 2.75) is 77.4 Å². The fourth-order valence-corrected chi connectivity index (χ4v) is 3.98. The first-order chi connectivity index (χ1) is 7.10. The highest BCUT2D eigenvalue weighted by atomic mass is 32.2. The lowest BCUT2D eigenvalue weighted by Crippen LogP contribution is -2.43. The van der Waals surface area contributed by atoms with Crippen molar-refractivity contribution >= 4 is 20.1 Å². The van der Waals surface area contributed by atoms with Crippen LogP contribution in [-0.4, -0.2) is 25.4 Å². The Labute approximate surface area is 108 Å². The summed E-state index contributed by atoms with van der Waals surface area (Å²) in [5.41, 5.74) is 0. The van der Waals surface area contributed by atoms with Crippen LogP contribution in [0.2, 0.25) is 18.1 Å². The summed E-state index contributed by atoms with van der Waals surface area (Å²) in [7, 11) is -1.57. The molecule has 0 N–H and O–H groups in total. The fourth-order valence-electron chi connectivity index (χ4n) is 1.55. The molecule has 0 amide bonds. The Morgan fingerprint density at radius 2 is 1.69 bits per heavy atom. The van der Waals surface area contributed by atoms with Crippen LogP contribution in [-0.2, 0) is 4.43 Å². The van der Waals surface area contributed by atoms with E-state index in [1.54, 1.807) is 0 Å². The largest absolute Gasteiger partial charge is 0.414 e. The zero-order valence-electron chi connectivity index (χ0n) is 12.4. The Balaban J connectivity index is 4.18. The lowest BCUT2D eigenvalue weighted by atomic mass is 10.2. The molecule has 98 valence electrons. The van der Waals surface area contributed by atoms with E-state index in [1.807, 2.05) is 11.8 Å². The first-order valence-electron chi connectivity index (χ1n) is 6.39. The summed E-state index contributed by atoms with van der Waals surface area (Å²) in [6.07, 6.45) is 1.57. The maximum atomic E-state index is 6.34. The molecule has 0 saturated carbocycles. The maximum absolute atomic E-state index is 6.34. The smallest absolute Gasteiger partial charge is 0.192 e. The van der Waals surface area contributed by atoms with E-state index in [2.05, 4.69) is 54.6 Å². The standard InChI is InChI=1S/C13H30OSSi/c1-9-15-12(3)10-11(2)14-16(7,8)13(4,5)6/h11-12H,9-10H2,1-8H3/t11-,12-/m1/s1. The van der Waals surface area contributed by atoms with Crippen molar-refractivity contribution < 1.29 is 4.43 Å². The quantitative estimate of drug-likeness (QED) is 0.628. The Kier molecular flexibility index (Phi) is 6.67. The van der Waals surface area contributed by atoms with Crippen molar-refractivity contribution in [2.75, 3.05) is 5.75 Å². The van der Waals surface area contributed by atoms with E-state index >= 15 is 0 Å². The first-order valence-corrected chi connectivity index (χ1v) is 10.3. The van der Waals surface area contributed by atoms with E-state index < -0.39 is 8.32 Å². The minimum atomic E-state index is -1.57. The van der Waals surface area contributed by atoms with E-state index in [0.717, 1.165) is 0 Å². The molecule has 0 aromatic heterocycles. The Morgan fingerprint density at radius 1 is 1.19 bits per heavy atom. The van der Waals surface area contributed by atoms with Gasteiger partial charge in [-0.3, -0.25) is 0 Å². The minimum absolute atomic E-state index is 0.322. The number of rotatable bonds is 6. The van der Waals surface area contributed by atoms with Crippen LogP contribution in [0.15, 0.2) is 0 Å². The van der Waals surface area contributed by atoms with Gasteiger partial charge in [0.2, 0.25) is 0 Å². The van der Waals surface area contributed by atoms with Gasteiger partial charge in [-0.1, -0.05) is 34.6 Å². The molecule has 0 unspecified atom stereocenters. The third-order valence-electron chi connectivity index (χ3n) is 3.42. The molecule has 0 aliphatic carbocycles. The molecular weight excluding hydrogens is 232 g/mol. The zero-order valence-corrected chi connectivity index (χ0v) is 14.2. The molecule has 1 nitrogen and oxygen atoms in total. The van der Waals surface area contributed by atoms with Crippen molar-refractivity contribution in [2.24, 2.45) is 0 Å². The van der Waals surface area contributed by atoms with Crippen molar-refractivity contribution in [1.29, 1.82) is 0 Å². The third kappa shape index (κ3) is 5.74. The molecule has 0 spiro atoms. The molecular formula is C13H30OSSi. The molecule has 0 heterocycles. The van der Waals surface area contributed by atoms with Crippen LogP contribution < -0.4 is 0 Å². The second kappa shape index (κ2) is 6.46. The zero-order chi connectivity index (χ0) is 13.0. The molecule has 0 aliphatic heterocycles. The van der Waals surface area contributed by atoms with E-state index in [0.29, 0.717) is 16.4 Å². The first kappa shape index (κ1) is 16.5. The van der Waals surface area contributed by atoms with Crippen LogP contribution >= 0.6 is 11.8 Å². The van der Waals surface area contributed by atoms with Gasteiger partial charge in [0.1, 0.15) is 0 Å². The molecule has 0 radical (unpaired) electrons. The molecule has 0 bridgehead atoms. The van der Waals surface area contributed by atoms with Crippen molar-refractivity contribution in [3.63, 3.8) is 0 Å². The molecule has 0 aliphatic rings. The topological polar surface area (TPSA) is 9.23 Å². The molecule has 0 fully saturated rings. The second-order valence-electron chi connectivity index (χ2n) is 6.19. The van der Waals surface area contributed by atoms with Gasteiger partial charge < -0.3 is 4.43 Å². The van der Waals surface area contributed by atoms with Crippen LogP contribution in [0.1, 0.15) is 48.0 Å². The van der Waals surface area contributed by atoms with Gasteiger partial charge in [0, 0.05) is 11.4 Å². The van der Waals surface area contributed by atoms with Gasteiger partial charge in [-0.15, -0.1) is 0 Å². The summed E-state index contributed by atoms with van der Waals surface area (Å²) < 4.78 is 6.34. The summed E-state index contributed by atoms with van der Waals surface area (Å²) >= 11 is 2.03. The van der Waals surface area contributed by atoms with Crippen LogP contribution in [0.25, 0.3) is 0 Å². The predicted molar refractivity (Wildman–Crippen MR) is 80.0 cm³/mol. The summed E-state index contributed by atoms with van der Waals surface area (Å²) in [6.45, 7) is 18.3. The molecule has 16 heavy (non-hydrogen) atoms. The molecule has 2 atom stereocenters. The van der Waals surface area contributed by atoms with Gasteiger partial charge in [0.15, 0.2) is 8.32 Å². The summed E-state index contributed by atoms with van der Waals surface area (Å²) in [6, 6.07) is 0. The monoisotopic (exact) mass is 262 g/mol. The Morgan fingerprint density at radius 3 is 2.06 bits per heavy atom. The normalized spacial score (nSPS) is 17.2. The highest BCUT2D eigenvalue weighted by molar-refractivity contribution is 7.99. The second-order valence-corrected chi connectivity index (χ2v) is 12.7. The average molecular weight is 263 g/mol. The molecule has 0 saturated heterocycles. The fraction of sp³-hybridized carbons (Fsp3) is 1.00. The van der Waals surface area contributed by atoms with Crippen LogP contribution in [0.4, 0.5) is 0 Å². The van der Waals surface area contributed by atoms with Gasteiger partial charge in [-0.25, -0.2) is 0 Å². The van der Waals surface area contributed by atoms with E-state index in [9.17, 15) is 0 Å². The van der Waals surface area contributed by atoms with Gasteiger partial charge in [-0.05, 0) is 37.2 Å². The highest BCUT2D eigenvalue weighted by Crippen LogP contribution is 2.37. The summed E-state index contributed by atoms with van der Waals surface area (Å²) in [5, 5.41) is 1.03. The van der Waals surface area contributed by atoms with Gasteiger partial charge in [0.25, 0.3) is 0 Å². The molecule has 0 rings (SSSR count). The Bertz CT molecular complexity index is 199. The lowest BCUT2D eigenvalue weighted by molar-refractivity contribution is 0.190. The van der Waals surface area contributed by atoms with Crippen LogP contribution in [0.5, 0.6) is 0 Å². The minimum Gasteiger partial charge on any atom is -0.414 e. The van der Waals surface area contributed by atoms with Gasteiger partial charge in [0.05, 0.1) is 0 Å². The van der Waals surface area contributed by atoms with Crippen molar-refractivity contribution in [3.05, 3.63) is 0 Å². The predicted octanol–water partition coefficient (Wildman–Crippen LogP) is 4.93. The SMILES string of the molecule is CCS[C@H](C)C[C@@H](C)O[Si](C)(C)C(C)(C)C. The molecule has 0 aromatic rings. The summed E-state index contributed by atoms with van der Waals surface area (Å²) in [4.78, 5) is 0. The maximum Gasteiger partial charge on any atom is 0.192 e. The third-order valence-corrected chi connectivity index (χ3v) is 9.12. The van der Waals surface area contributed by atoms with Crippen LogP contribution in [0, 0.1) is 0 Å². The van der Waals surface area contributed by atoms with Crippen molar-refractivity contribution in [3.8, 4) is 0 Å². The van der Waals surface area contributed by atoms with Crippen molar-refractivity contribution in [1.82, 2.24) is 0 Å². The van der Waals surface area contributed by atoms with E-state index in [1.165, 1.54) is 12.2 Å². The van der Waals surface area contributed by atoms with E-state index in [4.69, 9.17) is 4.43 Å².